The molecule has 27 heavy (non-hydrogen) atoms. The Labute approximate surface area is 157 Å². The van der Waals surface area contributed by atoms with E-state index in [-0.39, 0.29) is 5.69 Å². The van der Waals surface area contributed by atoms with Crippen molar-refractivity contribution in [1.82, 2.24) is 9.55 Å². The molecule has 1 aliphatic heterocycles. The standard InChI is InChI=1S/C22H20N2O3/c25-21(16-9-3-1-4-10-16)27-20-13-7-6-12-18(20)19-15-17-11-5-2-8-14-24(17)22(26)23-19/h1,3-4,6-7,9-10,12-13,15H,2,5,8,11,14H2. The number of aryl methyl sites for hydroxylation is 1. The van der Waals surface area contributed by atoms with E-state index in [2.05, 4.69) is 4.98 Å². The van der Waals surface area contributed by atoms with Gasteiger partial charge in [0.1, 0.15) is 5.75 Å². The number of benzene rings is 2. The second kappa shape index (κ2) is 7.58. The summed E-state index contributed by atoms with van der Waals surface area (Å²) in [6.45, 7) is 0.714. The minimum atomic E-state index is -0.436. The summed E-state index contributed by atoms with van der Waals surface area (Å²) >= 11 is 0. The first-order chi connectivity index (χ1) is 13.2. The van der Waals surface area contributed by atoms with Gasteiger partial charge in [-0.05, 0) is 49.6 Å². The zero-order valence-electron chi connectivity index (χ0n) is 14.9. The maximum Gasteiger partial charge on any atom is 0.348 e. The Morgan fingerprint density at radius 2 is 1.74 bits per heavy atom. The lowest BCUT2D eigenvalue weighted by atomic mass is 10.1. The Kier molecular flexibility index (Phi) is 4.83. The zero-order valence-corrected chi connectivity index (χ0v) is 14.9. The molecule has 2 heterocycles. The third-order valence-corrected chi connectivity index (χ3v) is 4.79. The number of fused-ring (bicyclic) bond motifs is 1. The Morgan fingerprint density at radius 1 is 0.963 bits per heavy atom. The van der Waals surface area contributed by atoms with E-state index >= 15 is 0 Å². The number of nitrogens with zero attached hydrogens (tertiary/aromatic N) is 2. The van der Waals surface area contributed by atoms with Crippen molar-refractivity contribution in [2.24, 2.45) is 0 Å². The van der Waals surface area contributed by atoms with Crippen LogP contribution >= 0.6 is 0 Å². The van der Waals surface area contributed by atoms with E-state index < -0.39 is 5.97 Å². The molecule has 5 nitrogen and oxygen atoms in total. The van der Waals surface area contributed by atoms with Gasteiger partial charge in [0.05, 0.1) is 11.3 Å². The first-order valence-electron chi connectivity index (χ1n) is 9.20. The molecule has 2 aromatic carbocycles. The van der Waals surface area contributed by atoms with E-state index in [4.69, 9.17) is 4.74 Å². The van der Waals surface area contributed by atoms with E-state index in [1.165, 1.54) is 0 Å². The van der Waals surface area contributed by atoms with Crippen molar-refractivity contribution >= 4 is 5.97 Å². The first kappa shape index (κ1) is 17.2. The Balaban J connectivity index is 1.71. The average Bonchev–Trinajstić information content (AvgIpc) is 2.95. The molecule has 0 bridgehead atoms. The van der Waals surface area contributed by atoms with Gasteiger partial charge in [0, 0.05) is 17.8 Å². The van der Waals surface area contributed by atoms with Crippen LogP contribution in [0.15, 0.2) is 65.5 Å². The summed E-state index contributed by atoms with van der Waals surface area (Å²) in [5, 5.41) is 0. The molecule has 5 heteroatoms. The van der Waals surface area contributed by atoms with Crippen molar-refractivity contribution in [3.05, 3.63) is 82.4 Å². The fraction of sp³-hybridized carbons (Fsp3) is 0.227. The van der Waals surface area contributed by atoms with Crippen molar-refractivity contribution in [3.63, 3.8) is 0 Å². The Bertz CT molecular complexity index is 1030. The van der Waals surface area contributed by atoms with Crippen LogP contribution in [-0.2, 0) is 13.0 Å². The molecule has 3 aromatic rings. The smallest absolute Gasteiger partial charge is 0.348 e. The van der Waals surface area contributed by atoms with Crippen LogP contribution in [-0.4, -0.2) is 15.5 Å². The van der Waals surface area contributed by atoms with E-state index in [9.17, 15) is 9.59 Å². The minimum Gasteiger partial charge on any atom is -0.422 e. The summed E-state index contributed by atoms with van der Waals surface area (Å²) in [5.74, 6) is -0.0358. The maximum atomic E-state index is 12.5. The molecule has 0 amide bonds. The number of carbonyl (C=O) groups is 1. The second-order valence-corrected chi connectivity index (χ2v) is 6.63. The number of carbonyl (C=O) groups excluding carboxylic acids is 1. The highest BCUT2D eigenvalue weighted by atomic mass is 16.5. The lowest BCUT2D eigenvalue weighted by molar-refractivity contribution is 0.0735. The van der Waals surface area contributed by atoms with Crippen LogP contribution in [0.2, 0.25) is 0 Å². The number of para-hydroxylation sites is 1. The molecule has 1 aliphatic rings. The van der Waals surface area contributed by atoms with Gasteiger partial charge in [-0.2, -0.15) is 4.98 Å². The van der Waals surface area contributed by atoms with E-state index in [0.717, 1.165) is 31.4 Å². The van der Waals surface area contributed by atoms with Crippen LogP contribution in [0.3, 0.4) is 0 Å². The molecule has 0 N–H and O–H groups in total. The van der Waals surface area contributed by atoms with Crippen molar-refractivity contribution < 1.29 is 9.53 Å². The SMILES string of the molecule is O=C(Oc1ccccc1-c1cc2n(c(=O)n1)CCCCC2)c1ccccc1. The predicted octanol–water partition coefficient (Wildman–Crippen LogP) is 3.86. The average molecular weight is 360 g/mol. The third-order valence-electron chi connectivity index (χ3n) is 4.79. The quantitative estimate of drug-likeness (QED) is 0.526. The molecule has 0 atom stereocenters. The van der Waals surface area contributed by atoms with Crippen LogP contribution < -0.4 is 10.4 Å². The number of esters is 1. The highest BCUT2D eigenvalue weighted by Gasteiger charge is 2.17. The fourth-order valence-electron chi connectivity index (χ4n) is 3.39. The molecular weight excluding hydrogens is 340 g/mol. The molecule has 0 fully saturated rings. The van der Waals surface area contributed by atoms with Crippen LogP contribution in [0, 0.1) is 0 Å². The van der Waals surface area contributed by atoms with Gasteiger partial charge < -0.3 is 4.74 Å². The summed E-state index contributed by atoms with van der Waals surface area (Å²) in [7, 11) is 0. The number of ether oxygens (including phenoxy) is 1. The summed E-state index contributed by atoms with van der Waals surface area (Å²) in [4.78, 5) is 29.2. The number of aromatic nitrogens is 2. The molecule has 4 rings (SSSR count). The van der Waals surface area contributed by atoms with Crippen molar-refractivity contribution in [1.29, 1.82) is 0 Å². The first-order valence-corrected chi connectivity index (χ1v) is 9.20. The van der Waals surface area contributed by atoms with Crippen molar-refractivity contribution in [2.45, 2.75) is 32.2 Å². The largest absolute Gasteiger partial charge is 0.422 e. The summed E-state index contributed by atoms with van der Waals surface area (Å²) in [6.07, 6.45) is 4.03. The number of rotatable bonds is 3. The molecule has 0 unspecified atom stereocenters. The van der Waals surface area contributed by atoms with Crippen molar-refractivity contribution in [3.8, 4) is 17.0 Å². The lowest BCUT2D eigenvalue weighted by Crippen LogP contribution is -2.25. The van der Waals surface area contributed by atoms with E-state index in [1.54, 1.807) is 41.0 Å². The zero-order chi connectivity index (χ0) is 18.6. The molecule has 0 spiro atoms. The van der Waals surface area contributed by atoms with Gasteiger partial charge in [-0.25, -0.2) is 9.59 Å². The van der Waals surface area contributed by atoms with Gasteiger partial charge in [0.25, 0.3) is 0 Å². The summed E-state index contributed by atoms with van der Waals surface area (Å²) in [5.41, 5.74) is 2.42. The third kappa shape index (κ3) is 3.67. The highest BCUT2D eigenvalue weighted by molar-refractivity contribution is 5.92. The van der Waals surface area contributed by atoms with Gasteiger partial charge >= 0.3 is 11.7 Å². The molecule has 0 radical (unpaired) electrons. The highest BCUT2D eigenvalue weighted by Crippen LogP contribution is 2.29. The molecule has 0 aliphatic carbocycles. The Morgan fingerprint density at radius 3 is 2.59 bits per heavy atom. The summed E-state index contributed by atoms with van der Waals surface area (Å²) < 4.78 is 7.37. The van der Waals surface area contributed by atoms with Crippen molar-refractivity contribution in [2.75, 3.05) is 0 Å². The van der Waals surface area contributed by atoms with E-state index in [0.29, 0.717) is 29.1 Å². The van der Waals surface area contributed by atoms with Gasteiger partial charge in [-0.1, -0.05) is 36.8 Å². The van der Waals surface area contributed by atoms with Gasteiger partial charge in [-0.15, -0.1) is 0 Å². The lowest BCUT2D eigenvalue weighted by Gasteiger charge is -2.13. The van der Waals surface area contributed by atoms with Gasteiger partial charge in [-0.3, -0.25) is 4.57 Å². The molecule has 1 aromatic heterocycles. The molecule has 0 saturated heterocycles. The van der Waals surface area contributed by atoms with E-state index in [1.807, 2.05) is 24.3 Å². The van der Waals surface area contributed by atoms with Crippen LogP contribution in [0.1, 0.15) is 35.3 Å². The molecule has 136 valence electrons. The monoisotopic (exact) mass is 360 g/mol. The number of hydrogen-bond acceptors (Lipinski definition) is 4. The second-order valence-electron chi connectivity index (χ2n) is 6.63. The minimum absolute atomic E-state index is 0.242. The van der Waals surface area contributed by atoms with Crippen LogP contribution in [0.25, 0.3) is 11.3 Å². The number of hydrogen-bond donors (Lipinski definition) is 0. The van der Waals surface area contributed by atoms with Gasteiger partial charge in [0.2, 0.25) is 0 Å². The molecule has 0 saturated carbocycles. The predicted molar refractivity (Wildman–Crippen MR) is 103 cm³/mol. The molecular formula is C22H20N2O3. The van der Waals surface area contributed by atoms with Crippen LogP contribution in [0.4, 0.5) is 0 Å². The van der Waals surface area contributed by atoms with Gasteiger partial charge in [0.15, 0.2) is 0 Å². The normalized spacial score (nSPS) is 13.5. The topological polar surface area (TPSA) is 61.2 Å². The fourth-order valence-corrected chi connectivity index (χ4v) is 3.39. The maximum absolute atomic E-state index is 12.5. The summed E-state index contributed by atoms with van der Waals surface area (Å²) in [6, 6.07) is 18.0. The van der Waals surface area contributed by atoms with Crippen LogP contribution in [0.5, 0.6) is 5.75 Å². The Hall–Kier alpha value is -3.21.